The fourth-order valence-corrected chi connectivity index (χ4v) is 2.13. The van der Waals surface area contributed by atoms with Crippen LogP contribution in [0.4, 0.5) is 0 Å². The average Bonchev–Trinajstić information content (AvgIpc) is 2.39. The summed E-state index contributed by atoms with van der Waals surface area (Å²) in [4.78, 5) is 2.34. The van der Waals surface area contributed by atoms with Crippen LogP contribution in [0.2, 0.25) is 0 Å². The molecule has 2 N–H and O–H groups in total. The highest BCUT2D eigenvalue weighted by atomic mass is 16.5. The fraction of sp³-hybridized carbons (Fsp3) is 0.625. The van der Waals surface area contributed by atoms with Crippen LogP contribution < -0.4 is 10.5 Å². The number of methoxy groups -OCH3 is 1. The second-order valence-corrected chi connectivity index (χ2v) is 6.02. The Balaban J connectivity index is 2.41. The van der Waals surface area contributed by atoms with Gasteiger partial charge in [0.05, 0.1) is 7.11 Å². The van der Waals surface area contributed by atoms with Gasteiger partial charge in [-0.2, -0.15) is 0 Å². The molecular formula is C16H28N2O. The van der Waals surface area contributed by atoms with Crippen LogP contribution in [0.25, 0.3) is 0 Å². The van der Waals surface area contributed by atoms with Gasteiger partial charge in [-0.05, 0) is 44.5 Å². The lowest BCUT2D eigenvalue weighted by Gasteiger charge is -2.24. The molecule has 1 aromatic rings. The lowest BCUT2D eigenvalue weighted by molar-refractivity contribution is 0.270. The molecule has 0 radical (unpaired) electrons. The molecular weight excluding hydrogens is 236 g/mol. The van der Waals surface area contributed by atoms with E-state index in [0.29, 0.717) is 0 Å². The standard InChI is InChI=1S/C16H28N2O/c1-16(2,13-17)10-7-11-18(3)12-14-8-5-6-9-15(14)19-4/h5-6,8-9H,7,10-13,17H2,1-4H3. The predicted octanol–water partition coefficient (Wildman–Crippen LogP) is 2.89. The average molecular weight is 264 g/mol. The zero-order chi connectivity index (χ0) is 14.3. The van der Waals surface area contributed by atoms with Crippen molar-refractivity contribution in [2.24, 2.45) is 11.1 Å². The van der Waals surface area contributed by atoms with E-state index >= 15 is 0 Å². The quantitative estimate of drug-likeness (QED) is 0.784. The van der Waals surface area contributed by atoms with Gasteiger partial charge in [0, 0.05) is 12.1 Å². The van der Waals surface area contributed by atoms with Gasteiger partial charge in [0.2, 0.25) is 0 Å². The summed E-state index contributed by atoms with van der Waals surface area (Å²) in [6, 6.07) is 8.20. The zero-order valence-corrected chi connectivity index (χ0v) is 12.8. The molecule has 0 aliphatic rings. The van der Waals surface area contributed by atoms with Gasteiger partial charge in [0.25, 0.3) is 0 Å². The van der Waals surface area contributed by atoms with Crippen LogP contribution >= 0.6 is 0 Å². The highest BCUT2D eigenvalue weighted by molar-refractivity contribution is 5.32. The van der Waals surface area contributed by atoms with Crippen LogP contribution in [0.5, 0.6) is 5.75 Å². The molecule has 0 atom stereocenters. The molecule has 0 saturated heterocycles. The van der Waals surface area contributed by atoms with Crippen LogP contribution in [0.1, 0.15) is 32.3 Å². The Kier molecular flexibility index (Phi) is 6.32. The second-order valence-electron chi connectivity index (χ2n) is 6.02. The maximum atomic E-state index is 5.75. The first kappa shape index (κ1) is 16.0. The number of ether oxygens (including phenoxy) is 1. The third-order valence-electron chi connectivity index (χ3n) is 3.58. The molecule has 0 fully saturated rings. The summed E-state index contributed by atoms with van der Waals surface area (Å²) in [5.74, 6) is 0.969. The largest absolute Gasteiger partial charge is 0.496 e. The van der Waals surface area contributed by atoms with Gasteiger partial charge in [0.15, 0.2) is 0 Å². The minimum absolute atomic E-state index is 0.255. The van der Waals surface area contributed by atoms with E-state index in [1.807, 2.05) is 12.1 Å². The van der Waals surface area contributed by atoms with Crippen LogP contribution in [0.3, 0.4) is 0 Å². The molecule has 0 spiro atoms. The van der Waals surface area contributed by atoms with Crippen LogP contribution in [0, 0.1) is 5.41 Å². The molecule has 0 amide bonds. The fourth-order valence-electron chi connectivity index (χ4n) is 2.13. The topological polar surface area (TPSA) is 38.5 Å². The normalized spacial score (nSPS) is 11.9. The smallest absolute Gasteiger partial charge is 0.123 e. The lowest BCUT2D eigenvalue weighted by Crippen LogP contribution is -2.26. The molecule has 0 heterocycles. The summed E-state index contributed by atoms with van der Waals surface area (Å²) in [5, 5.41) is 0. The van der Waals surface area contributed by atoms with E-state index in [4.69, 9.17) is 10.5 Å². The number of hydrogen-bond acceptors (Lipinski definition) is 3. The first-order valence-corrected chi connectivity index (χ1v) is 6.99. The van der Waals surface area contributed by atoms with E-state index in [0.717, 1.165) is 25.4 Å². The molecule has 0 saturated carbocycles. The summed E-state index contributed by atoms with van der Waals surface area (Å²) in [6.45, 7) is 7.22. The Hall–Kier alpha value is -1.06. The molecule has 0 aliphatic heterocycles. The number of rotatable bonds is 8. The van der Waals surface area contributed by atoms with Crippen molar-refractivity contribution in [2.75, 3.05) is 27.2 Å². The number of nitrogens with zero attached hydrogens (tertiary/aromatic N) is 1. The maximum absolute atomic E-state index is 5.75. The van der Waals surface area contributed by atoms with Gasteiger partial charge in [-0.25, -0.2) is 0 Å². The van der Waals surface area contributed by atoms with Gasteiger partial charge in [-0.15, -0.1) is 0 Å². The molecule has 0 unspecified atom stereocenters. The molecule has 108 valence electrons. The van der Waals surface area contributed by atoms with Crippen molar-refractivity contribution in [3.8, 4) is 5.75 Å². The summed E-state index contributed by atoms with van der Waals surface area (Å²) in [7, 11) is 3.88. The number of benzene rings is 1. The van der Waals surface area contributed by atoms with E-state index in [1.165, 1.54) is 18.4 Å². The molecule has 0 aliphatic carbocycles. The first-order valence-electron chi connectivity index (χ1n) is 6.99. The van der Waals surface area contributed by atoms with E-state index in [1.54, 1.807) is 7.11 Å². The first-order chi connectivity index (χ1) is 8.98. The molecule has 19 heavy (non-hydrogen) atoms. The Morgan fingerprint density at radius 2 is 1.95 bits per heavy atom. The summed E-state index contributed by atoms with van der Waals surface area (Å²) >= 11 is 0. The number of hydrogen-bond donors (Lipinski definition) is 1. The van der Waals surface area contributed by atoms with E-state index in [-0.39, 0.29) is 5.41 Å². The molecule has 3 nitrogen and oxygen atoms in total. The third kappa shape index (κ3) is 5.62. The minimum atomic E-state index is 0.255. The van der Waals surface area contributed by atoms with Gasteiger partial charge >= 0.3 is 0 Å². The molecule has 1 rings (SSSR count). The minimum Gasteiger partial charge on any atom is -0.496 e. The SMILES string of the molecule is COc1ccccc1CN(C)CCCC(C)(C)CN. The van der Waals surface area contributed by atoms with Gasteiger partial charge in [-0.3, -0.25) is 0 Å². The van der Waals surface area contributed by atoms with Gasteiger partial charge in [-0.1, -0.05) is 32.0 Å². The Morgan fingerprint density at radius 3 is 2.58 bits per heavy atom. The predicted molar refractivity (Wildman–Crippen MR) is 81.4 cm³/mol. The number of para-hydroxylation sites is 1. The summed E-state index contributed by atoms with van der Waals surface area (Å²) in [6.07, 6.45) is 2.34. The van der Waals surface area contributed by atoms with Crippen LogP contribution in [-0.4, -0.2) is 32.1 Å². The van der Waals surface area contributed by atoms with Crippen molar-refractivity contribution in [3.63, 3.8) is 0 Å². The highest BCUT2D eigenvalue weighted by Gasteiger charge is 2.15. The Morgan fingerprint density at radius 1 is 1.26 bits per heavy atom. The van der Waals surface area contributed by atoms with Crippen molar-refractivity contribution in [1.82, 2.24) is 4.90 Å². The lowest BCUT2D eigenvalue weighted by atomic mass is 9.88. The molecule has 3 heteroatoms. The summed E-state index contributed by atoms with van der Waals surface area (Å²) < 4.78 is 5.38. The van der Waals surface area contributed by atoms with E-state index < -0.39 is 0 Å². The Bertz CT molecular complexity index is 377. The molecule has 0 aromatic heterocycles. The Labute approximate surface area is 117 Å². The van der Waals surface area contributed by atoms with Gasteiger partial charge in [0.1, 0.15) is 5.75 Å². The van der Waals surface area contributed by atoms with Crippen molar-refractivity contribution in [2.45, 2.75) is 33.2 Å². The van der Waals surface area contributed by atoms with E-state index in [2.05, 4.69) is 37.9 Å². The number of nitrogens with two attached hydrogens (primary N) is 1. The molecule has 1 aromatic carbocycles. The molecule has 0 bridgehead atoms. The third-order valence-corrected chi connectivity index (χ3v) is 3.58. The van der Waals surface area contributed by atoms with Crippen LogP contribution in [0.15, 0.2) is 24.3 Å². The maximum Gasteiger partial charge on any atom is 0.123 e. The highest BCUT2D eigenvalue weighted by Crippen LogP contribution is 2.22. The van der Waals surface area contributed by atoms with Crippen molar-refractivity contribution in [3.05, 3.63) is 29.8 Å². The van der Waals surface area contributed by atoms with Crippen molar-refractivity contribution >= 4 is 0 Å². The second kappa shape index (κ2) is 7.51. The van der Waals surface area contributed by atoms with E-state index in [9.17, 15) is 0 Å². The van der Waals surface area contributed by atoms with Crippen molar-refractivity contribution < 1.29 is 4.74 Å². The van der Waals surface area contributed by atoms with Gasteiger partial charge < -0.3 is 15.4 Å². The zero-order valence-electron chi connectivity index (χ0n) is 12.8. The van der Waals surface area contributed by atoms with Crippen molar-refractivity contribution in [1.29, 1.82) is 0 Å². The monoisotopic (exact) mass is 264 g/mol. The summed E-state index contributed by atoms with van der Waals surface area (Å²) in [5.41, 5.74) is 7.25. The van der Waals surface area contributed by atoms with Crippen LogP contribution in [-0.2, 0) is 6.54 Å².